The highest BCUT2D eigenvalue weighted by molar-refractivity contribution is 6.25. The molecule has 0 fully saturated rings. The van der Waals surface area contributed by atoms with Gasteiger partial charge in [0.05, 0.1) is 11.4 Å². The molecule has 0 atom stereocenters. The summed E-state index contributed by atoms with van der Waals surface area (Å²) in [6.07, 6.45) is 0. The van der Waals surface area contributed by atoms with Gasteiger partial charge in [-0.05, 0) is 96.0 Å². The second-order valence-electron chi connectivity index (χ2n) is 13.4. The summed E-state index contributed by atoms with van der Waals surface area (Å²) in [7, 11) is 0. The van der Waals surface area contributed by atoms with Gasteiger partial charge in [-0.2, -0.15) is 0 Å². The third-order valence-electron chi connectivity index (χ3n) is 10.4. The van der Waals surface area contributed by atoms with E-state index < -0.39 is 0 Å². The van der Waals surface area contributed by atoms with Crippen molar-refractivity contribution in [1.82, 2.24) is 0 Å². The first-order chi connectivity index (χ1) is 20.9. The molecule has 43 heavy (non-hydrogen) atoms. The van der Waals surface area contributed by atoms with Crippen LogP contribution in [0.25, 0.3) is 43.4 Å². The van der Waals surface area contributed by atoms with Crippen LogP contribution in [-0.4, -0.2) is 0 Å². The number of para-hydroxylation sites is 1. The maximum absolute atomic E-state index is 2.53. The molecule has 1 heterocycles. The SMILES string of the molecule is CC1(C)c2ccccc2-c2cc3c(cc21)N(c1ccc2c4ccccc4c4ccccc4c2c1)c1ccccc1C3(C)C. The van der Waals surface area contributed by atoms with Crippen LogP contribution >= 0.6 is 0 Å². The van der Waals surface area contributed by atoms with E-state index in [2.05, 4.69) is 160 Å². The lowest BCUT2D eigenvalue weighted by molar-refractivity contribution is 0.627. The average molecular weight is 552 g/mol. The van der Waals surface area contributed by atoms with Crippen LogP contribution in [0.4, 0.5) is 17.1 Å². The minimum atomic E-state index is -0.140. The number of rotatable bonds is 1. The molecule has 0 amide bonds. The molecule has 0 saturated carbocycles. The van der Waals surface area contributed by atoms with Crippen molar-refractivity contribution in [3.05, 3.63) is 150 Å². The van der Waals surface area contributed by atoms with E-state index in [9.17, 15) is 0 Å². The summed E-state index contributed by atoms with van der Waals surface area (Å²) in [4.78, 5) is 2.53. The van der Waals surface area contributed by atoms with Crippen molar-refractivity contribution in [3.8, 4) is 11.1 Å². The lowest BCUT2D eigenvalue weighted by atomic mass is 9.71. The van der Waals surface area contributed by atoms with E-state index in [1.165, 1.54) is 82.8 Å². The molecule has 0 radical (unpaired) electrons. The van der Waals surface area contributed by atoms with E-state index in [0.29, 0.717) is 0 Å². The molecule has 1 aliphatic carbocycles. The normalized spacial score (nSPS) is 15.8. The zero-order valence-corrected chi connectivity index (χ0v) is 25.1. The molecule has 0 spiro atoms. The van der Waals surface area contributed by atoms with E-state index in [-0.39, 0.29) is 10.8 Å². The Morgan fingerprint density at radius 1 is 0.372 bits per heavy atom. The Hall–Kier alpha value is -4.88. The zero-order chi connectivity index (χ0) is 29.1. The Morgan fingerprint density at radius 3 is 1.60 bits per heavy atom. The van der Waals surface area contributed by atoms with Crippen LogP contribution < -0.4 is 4.90 Å². The topological polar surface area (TPSA) is 3.24 Å². The maximum atomic E-state index is 2.53. The predicted molar refractivity (Wildman–Crippen MR) is 183 cm³/mol. The molecule has 206 valence electrons. The monoisotopic (exact) mass is 551 g/mol. The van der Waals surface area contributed by atoms with Crippen molar-refractivity contribution in [2.75, 3.05) is 4.90 Å². The van der Waals surface area contributed by atoms with Crippen LogP contribution in [0, 0.1) is 0 Å². The van der Waals surface area contributed by atoms with Gasteiger partial charge in [0, 0.05) is 16.5 Å². The number of anilines is 3. The molecule has 0 saturated heterocycles. The van der Waals surface area contributed by atoms with E-state index in [1.54, 1.807) is 0 Å². The zero-order valence-electron chi connectivity index (χ0n) is 25.1. The molecule has 0 unspecified atom stereocenters. The largest absolute Gasteiger partial charge is 0.310 e. The standard InChI is InChI=1S/C42H33N/c1-41(2)35-18-10-9-17-32(35)34-24-38-40(25-37(34)41)43(39-20-12-11-19-36(39)42(38,3)4)26-21-22-31-29-15-6-5-13-27(29)28-14-7-8-16-30(28)33(31)23-26/h5-25H,1-4H3. The first-order valence-corrected chi connectivity index (χ1v) is 15.4. The summed E-state index contributed by atoms with van der Waals surface area (Å²) in [6.45, 7) is 9.54. The lowest BCUT2D eigenvalue weighted by Gasteiger charge is -2.43. The van der Waals surface area contributed by atoms with Gasteiger partial charge in [0.2, 0.25) is 0 Å². The minimum absolute atomic E-state index is 0.0633. The third kappa shape index (κ3) is 3.17. The van der Waals surface area contributed by atoms with Gasteiger partial charge in [0.15, 0.2) is 0 Å². The van der Waals surface area contributed by atoms with Gasteiger partial charge in [0.1, 0.15) is 0 Å². The molecule has 7 aromatic rings. The summed E-state index contributed by atoms with van der Waals surface area (Å²) in [5.74, 6) is 0. The van der Waals surface area contributed by atoms with Gasteiger partial charge in [0.25, 0.3) is 0 Å². The lowest BCUT2D eigenvalue weighted by Crippen LogP contribution is -2.31. The maximum Gasteiger partial charge on any atom is 0.0506 e. The molecule has 0 aromatic heterocycles. The molecular weight excluding hydrogens is 518 g/mol. The van der Waals surface area contributed by atoms with E-state index in [4.69, 9.17) is 0 Å². The Balaban J connectivity index is 1.37. The summed E-state index contributed by atoms with van der Waals surface area (Å²) >= 11 is 0. The Labute approximate surface area is 253 Å². The Kier molecular flexibility index (Phi) is 4.80. The molecule has 2 aliphatic rings. The molecule has 7 aromatic carbocycles. The highest BCUT2D eigenvalue weighted by atomic mass is 15.2. The van der Waals surface area contributed by atoms with Crippen molar-refractivity contribution < 1.29 is 0 Å². The number of hydrogen-bond donors (Lipinski definition) is 0. The molecule has 0 N–H and O–H groups in total. The molecular formula is C42H33N. The second kappa shape index (κ2) is 8.36. The van der Waals surface area contributed by atoms with Gasteiger partial charge < -0.3 is 4.90 Å². The summed E-state index contributed by atoms with van der Waals surface area (Å²) in [5.41, 5.74) is 11.8. The summed E-state index contributed by atoms with van der Waals surface area (Å²) < 4.78 is 0. The third-order valence-corrected chi connectivity index (χ3v) is 10.4. The summed E-state index contributed by atoms with van der Waals surface area (Å²) in [6, 6.07) is 47.8. The van der Waals surface area contributed by atoms with Crippen molar-refractivity contribution in [3.63, 3.8) is 0 Å². The number of nitrogens with zero attached hydrogens (tertiary/aromatic N) is 1. The average Bonchev–Trinajstić information content (AvgIpc) is 3.26. The fourth-order valence-corrected chi connectivity index (χ4v) is 8.21. The molecule has 1 nitrogen and oxygen atoms in total. The molecule has 1 aliphatic heterocycles. The Morgan fingerprint density at radius 2 is 0.907 bits per heavy atom. The van der Waals surface area contributed by atoms with Crippen molar-refractivity contribution in [2.45, 2.75) is 38.5 Å². The first-order valence-electron chi connectivity index (χ1n) is 15.4. The summed E-state index contributed by atoms with van der Waals surface area (Å²) in [5, 5.41) is 7.82. The van der Waals surface area contributed by atoms with Crippen molar-refractivity contribution >= 4 is 49.4 Å². The van der Waals surface area contributed by atoms with Gasteiger partial charge >= 0.3 is 0 Å². The van der Waals surface area contributed by atoms with Crippen LogP contribution in [0.15, 0.2) is 127 Å². The smallest absolute Gasteiger partial charge is 0.0506 e. The van der Waals surface area contributed by atoms with Crippen molar-refractivity contribution in [2.24, 2.45) is 0 Å². The predicted octanol–water partition coefficient (Wildman–Crippen LogP) is 11.6. The number of hydrogen-bond acceptors (Lipinski definition) is 1. The van der Waals surface area contributed by atoms with Crippen LogP contribution in [0.3, 0.4) is 0 Å². The van der Waals surface area contributed by atoms with Crippen LogP contribution in [0.2, 0.25) is 0 Å². The van der Waals surface area contributed by atoms with Gasteiger partial charge in [-0.3, -0.25) is 0 Å². The highest BCUT2D eigenvalue weighted by Crippen LogP contribution is 2.57. The molecule has 9 rings (SSSR count). The van der Waals surface area contributed by atoms with Crippen molar-refractivity contribution in [1.29, 1.82) is 0 Å². The van der Waals surface area contributed by atoms with E-state index in [1.807, 2.05) is 0 Å². The molecule has 0 bridgehead atoms. The van der Waals surface area contributed by atoms with Gasteiger partial charge in [-0.15, -0.1) is 0 Å². The van der Waals surface area contributed by atoms with Crippen LogP contribution in [0.1, 0.15) is 49.9 Å². The van der Waals surface area contributed by atoms with E-state index >= 15 is 0 Å². The first kappa shape index (κ1) is 24.7. The molecule has 1 heteroatoms. The van der Waals surface area contributed by atoms with Crippen LogP contribution in [0.5, 0.6) is 0 Å². The number of benzene rings is 7. The fraction of sp³-hybridized carbons (Fsp3) is 0.143. The van der Waals surface area contributed by atoms with Gasteiger partial charge in [-0.25, -0.2) is 0 Å². The Bertz CT molecular complexity index is 2270. The minimum Gasteiger partial charge on any atom is -0.310 e. The second-order valence-corrected chi connectivity index (χ2v) is 13.4. The highest BCUT2D eigenvalue weighted by Gasteiger charge is 2.42. The fourth-order valence-electron chi connectivity index (χ4n) is 8.21. The van der Waals surface area contributed by atoms with Gasteiger partial charge in [-0.1, -0.05) is 125 Å². The van der Waals surface area contributed by atoms with E-state index in [0.717, 1.165) is 0 Å². The quantitative estimate of drug-likeness (QED) is 0.183. The number of fused-ring (bicyclic) bond motifs is 11. The van der Waals surface area contributed by atoms with Crippen LogP contribution in [-0.2, 0) is 10.8 Å².